The second-order valence-electron chi connectivity index (χ2n) is 4.96. The number of furan rings is 1. The molecule has 1 N–H and O–H groups in total. The van der Waals surface area contributed by atoms with Gasteiger partial charge in [-0.05, 0) is 42.3 Å². The van der Waals surface area contributed by atoms with E-state index in [0.29, 0.717) is 6.04 Å². The summed E-state index contributed by atoms with van der Waals surface area (Å²) in [6.07, 6.45) is 0.995. The maximum absolute atomic E-state index is 5.92. The van der Waals surface area contributed by atoms with E-state index in [0.717, 1.165) is 29.0 Å². The zero-order valence-electron chi connectivity index (χ0n) is 11.7. The minimum Gasteiger partial charge on any atom is -0.460 e. The Morgan fingerprint density at radius 1 is 1.21 bits per heavy atom. The lowest BCUT2D eigenvalue weighted by molar-refractivity contribution is 0.473. The van der Waals surface area contributed by atoms with Crippen LogP contribution < -0.4 is 5.32 Å². The monoisotopic (exact) mass is 321 g/mol. The van der Waals surface area contributed by atoms with E-state index in [4.69, 9.17) is 4.42 Å². The van der Waals surface area contributed by atoms with Gasteiger partial charge in [0.15, 0.2) is 0 Å². The van der Waals surface area contributed by atoms with Gasteiger partial charge in [0.2, 0.25) is 0 Å². The number of hydrogen-bond acceptors (Lipinski definition) is 2. The van der Waals surface area contributed by atoms with Crippen LogP contribution in [0.25, 0.3) is 11.3 Å². The Balaban J connectivity index is 2.22. The molecule has 2 rings (SSSR count). The van der Waals surface area contributed by atoms with Gasteiger partial charge in [-0.1, -0.05) is 36.7 Å². The van der Waals surface area contributed by atoms with Gasteiger partial charge in [0, 0.05) is 16.1 Å². The average molecular weight is 322 g/mol. The van der Waals surface area contributed by atoms with E-state index in [2.05, 4.69) is 66.3 Å². The van der Waals surface area contributed by atoms with E-state index < -0.39 is 0 Å². The molecule has 19 heavy (non-hydrogen) atoms. The molecule has 1 aromatic heterocycles. The first-order valence-corrected chi connectivity index (χ1v) is 7.50. The Morgan fingerprint density at radius 2 is 2.00 bits per heavy atom. The molecule has 0 aliphatic carbocycles. The van der Waals surface area contributed by atoms with Gasteiger partial charge in [0.25, 0.3) is 0 Å². The van der Waals surface area contributed by atoms with E-state index in [1.165, 1.54) is 11.1 Å². The molecular weight excluding hydrogens is 302 g/mol. The lowest BCUT2D eigenvalue weighted by Gasteiger charge is -2.07. The van der Waals surface area contributed by atoms with E-state index in [-0.39, 0.29) is 0 Å². The van der Waals surface area contributed by atoms with Crippen LogP contribution in [0.15, 0.2) is 39.2 Å². The standard InChI is InChI=1S/C16H20BrNO/c1-4-12-9-13(17)5-7-15(12)16-8-6-14(19-16)10-18-11(2)3/h5-9,11,18H,4,10H2,1-3H3. The van der Waals surface area contributed by atoms with Gasteiger partial charge < -0.3 is 9.73 Å². The smallest absolute Gasteiger partial charge is 0.134 e. The fourth-order valence-corrected chi connectivity index (χ4v) is 2.43. The normalized spacial score (nSPS) is 11.2. The molecule has 0 aliphatic rings. The molecule has 2 aromatic rings. The largest absolute Gasteiger partial charge is 0.460 e. The molecule has 0 amide bonds. The fraction of sp³-hybridized carbons (Fsp3) is 0.375. The van der Waals surface area contributed by atoms with Crippen molar-refractivity contribution in [3.8, 4) is 11.3 Å². The van der Waals surface area contributed by atoms with Crippen molar-refractivity contribution in [3.05, 3.63) is 46.1 Å². The van der Waals surface area contributed by atoms with E-state index >= 15 is 0 Å². The van der Waals surface area contributed by atoms with Crippen LogP contribution in [-0.4, -0.2) is 6.04 Å². The lowest BCUT2D eigenvalue weighted by atomic mass is 10.0. The van der Waals surface area contributed by atoms with Gasteiger partial charge in [-0.2, -0.15) is 0 Å². The minimum absolute atomic E-state index is 0.465. The number of rotatable bonds is 5. The molecule has 0 saturated carbocycles. The van der Waals surface area contributed by atoms with Crippen LogP contribution in [0, 0.1) is 0 Å². The molecule has 0 bridgehead atoms. The highest BCUT2D eigenvalue weighted by molar-refractivity contribution is 9.10. The summed E-state index contributed by atoms with van der Waals surface area (Å²) >= 11 is 3.52. The molecule has 0 aliphatic heterocycles. The highest BCUT2D eigenvalue weighted by Gasteiger charge is 2.09. The van der Waals surface area contributed by atoms with Gasteiger partial charge in [0.1, 0.15) is 11.5 Å². The van der Waals surface area contributed by atoms with Gasteiger partial charge >= 0.3 is 0 Å². The highest BCUT2D eigenvalue weighted by atomic mass is 79.9. The summed E-state index contributed by atoms with van der Waals surface area (Å²) < 4.78 is 7.04. The maximum atomic E-state index is 5.92. The lowest BCUT2D eigenvalue weighted by Crippen LogP contribution is -2.21. The summed E-state index contributed by atoms with van der Waals surface area (Å²) in [6.45, 7) is 7.20. The van der Waals surface area contributed by atoms with Gasteiger partial charge in [0.05, 0.1) is 6.54 Å². The number of hydrogen-bond donors (Lipinski definition) is 1. The van der Waals surface area contributed by atoms with E-state index in [9.17, 15) is 0 Å². The topological polar surface area (TPSA) is 25.2 Å². The zero-order valence-corrected chi connectivity index (χ0v) is 13.3. The van der Waals surface area contributed by atoms with Crippen molar-refractivity contribution in [2.75, 3.05) is 0 Å². The summed E-state index contributed by atoms with van der Waals surface area (Å²) in [4.78, 5) is 0. The van der Waals surface area contributed by atoms with Gasteiger partial charge in [-0.15, -0.1) is 0 Å². The van der Waals surface area contributed by atoms with Crippen LogP contribution in [-0.2, 0) is 13.0 Å². The summed E-state index contributed by atoms with van der Waals surface area (Å²) in [5.74, 6) is 1.93. The fourth-order valence-electron chi connectivity index (χ4n) is 2.02. The molecule has 1 aromatic carbocycles. The van der Waals surface area contributed by atoms with E-state index in [1.807, 2.05) is 6.07 Å². The quantitative estimate of drug-likeness (QED) is 0.858. The molecule has 102 valence electrons. The minimum atomic E-state index is 0.465. The molecule has 0 spiro atoms. The first-order chi connectivity index (χ1) is 9.10. The van der Waals surface area contributed by atoms with Crippen molar-refractivity contribution in [2.24, 2.45) is 0 Å². The third kappa shape index (κ3) is 3.71. The Kier molecular flexibility index (Phi) is 4.83. The van der Waals surface area contributed by atoms with Crippen LogP contribution in [0.1, 0.15) is 32.1 Å². The number of halogens is 1. The maximum Gasteiger partial charge on any atom is 0.134 e. The first-order valence-electron chi connectivity index (χ1n) is 6.71. The Morgan fingerprint density at radius 3 is 2.68 bits per heavy atom. The van der Waals surface area contributed by atoms with Crippen LogP contribution in [0.4, 0.5) is 0 Å². The van der Waals surface area contributed by atoms with Crippen molar-refractivity contribution in [1.82, 2.24) is 5.32 Å². The number of nitrogens with one attached hydrogen (secondary N) is 1. The predicted octanol–water partition coefficient (Wildman–Crippen LogP) is 4.77. The van der Waals surface area contributed by atoms with Crippen molar-refractivity contribution >= 4 is 15.9 Å². The third-order valence-electron chi connectivity index (χ3n) is 3.06. The number of aryl methyl sites for hydroxylation is 1. The zero-order chi connectivity index (χ0) is 13.8. The molecule has 3 heteroatoms. The Hall–Kier alpha value is -1.06. The summed E-state index contributed by atoms with van der Waals surface area (Å²) in [5, 5.41) is 3.36. The van der Waals surface area contributed by atoms with Crippen LogP contribution in [0.3, 0.4) is 0 Å². The van der Waals surface area contributed by atoms with Crippen LogP contribution in [0.2, 0.25) is 0 Å². The number of benzene rings is 1. The third-order valence-corrected chi connectivity index (χ3v) is 3.55. The predicted molar refractivity (Wildman–Crippen MR) is 83.2 cm³/mol. The molecule has 1 heterocycles. The molecule has 0 unspecified atom stereocenters. The van der Waals surface area contributed by atoms with Crippen LogP contribution >= 0.6 is 15.9 Å². The molecule has 0 fully saturated rings. The van der Waals surface area contributed by atoms with Crippen molar-refractivity contribution in [2.45, 2.75) is 39.8 Å². The average Bonchev–Trinajstić information content (AvgIpc) is 2.84. The molecular formula is C16H20BrNO. The molecule has 0 saturated heterocycles. The van der Waals surface area contributed by atoms with Crippen molar-refractivity contribution in [3.63, 3.8) is 0 Å². The highest BCUT2D eigenvalue weighted by Crippen LogP contribution is 2.28. The Bertz CT molecular complexity index is 545. The summed E-state index contributed by atoms with van der Waals surface area (Å²) in [6, 6.07) is 10.9. The SMILES string of the molecule is CCc1cc(Br)ccc1-c1ccc(CNC(C)C)o1. The van der Waals surface area contributed by atoms with Crippen molar-refractivity contribution < 1.29 is 4.42 Å². The van der Waals surface area contributed by atoms with Gasteiger partial charge in [-0.3, -0.25) is 0 Å². The first kappa shape index (κ1) is 14.4. The molecule has 0 radical (unpaired) electrons. The summed E-state index contributed by atoms with van der Waals surface area (Å²) in [7, 11) is 0. The van der Waals surface area contributed by atoms with Crippen LogP contribution in [0.5, 0.6) is 0 Å². The van der Waals surface area contributed by atoms with Gasteiger partial charge in [-0.25, -0.2) is 0 Å². The van der Waals surface area contributed by atoms with E-state index in [1.54, 1.807) is 0 Å². The second-order valence-corrected chi connectivity index (χ2v) is 5.87. The second kappa shape index (κ2) is 6.40. The Labute approximate surface area is 123 Å². The molecule has 0 atom stereocenters. The molecule has 2 nitrogen and oxygen atoms in total. The summed E-state index contributed by atoms with van der Waals surface area (Å²) in [5.41, 5.74) is 2.48. The van der Waals surface area contributed by atoms with Crippen molar-refractivity contribution in [1.29, 1.82) is 0 Å².